The van der Waals surface area contributed by atoms with Gasteiger partial charge in [0.05, 0.1) is 0 Å². The first kappa shape index (κ1) is 15.7. The molecule has 0 saturated heterocycles. The molecule has 0 bridgehead atoms. The molecule has 0 N–H and O–H groups in total. The van der Waals surface area contributed by atoms with E-state index >= 15 is 0 Å². The Bertz CT molecular complexity index is 485. The number of hydrogen-bond donors (Lipinski definition) is 0. The van der Waals surface area contributed by atoms with Crippen LogP contribution in [0.1, 0.15) is 25.0 Å². The lowest BCUT2D eigenvalue weighted by Crippen LogP contribution is -2.06. The van der Waals surface area contributed by atoms with Crippen LogP contribution in [0.15, 0.2) is 48.5 Å². The maximum atomic E-state index is 2.31. The molecule has 0 aliphatic carbocycles. The summed E-state index contributed by atoms with van der Waals surface area (Å²) in [6.45, 7) is 4.51. The first-order chi connectivity index (χ1) is 9.85. The van der Waals surface area contributed by atoms with Crippen molar-refractivity contribution >= 4 is 27.8 Å². The third-order valence-corrected chi connectivity index (χ3v) is 6.79. The maximum absolute atomic E-state index is 2.31. The van der Waals surface area contributed by atoms with Crippen molar-refractivity contribution in [3.8, 4) is 0 Å². The number of rotatable bonds is 7. The van der Waals surface area contributed by atoms with E-state index in [1.54, 1.807) is 10.6 Å². The van der Waals surface area contributed by atoms with Gasteiger partial charge in [0.15, 0.2) is 0 Å². The van der Waals surface area contributed by atoms with Crippen molar-refractivity contribution in [2.24, 2.45) is 0 Å². The third-order valence-electron chi connectivity index (χ3n) is 3.55. The number of hydrogen-bond acceptors (Lipinski definition) is 0. The van der Waals surface area contributed by atoms with E-state index in [4.69, 9.17) is 0 Å². The zero-order valence-electron chi connectivity index (χ0n) is 12.4. The van der Waals surface area contributed by atoms with Crippen molar-refractivity contribution in [2.75, 3.05) is 12.3 Å². The second-order valence-corrected chi connectivity index (χ2v) is 7.66. The monoisotopic (exact) mass is 302 g/mol. The molecule has 0 saturated carbocycles. The lowest BCUT2D eigenvalue weighted by molar-refractivity contribution is 1.15. The summed E-state index contributed by atoms with van der Waals surface area (Å²) in [7, 11) is 1.93. The van der Waals surface area contributed by atoms with Gasteiger partial charge in [-0.2, -0.15) is 0 Å². The molecule has 0 spiro atoms. The predicted molar refractivity (Wildman–Crippen MR) is 97.3 cm³/mol. The molecule has 2 unspecified atom stereocenters. The highest BCUT2D eigenvalue weighted by Crippen LogP contribution is 2.20. The van der Waals surface area contributed by atoms with Crippen LogP contribution in [0, 0.1) is 0 Å². The highest BCUT2D eigenvalue weighted by Gasteiger charge is 2.02. The molecule has 0 amide bonds. The van der Waals surface area contributed by atoms with Crippen LogP contribution >= 0.6 is 17.2 Å². The minimum Gasteiger partial charge on any atom is -0.0897 e. The highest BCUT2D eigenvalue weighted by atomic mass is 31.1. The fourth-order valence-corrected chi connectivity index (χ4v) is 5.34. The van der Waals surface area contributed by atoms with Gasteiger partial charge in [-0.1, -0.05) is 79.5 Å². The lowest BCUT2D eigenvalue weighted by Gasteiger charge is -2.09. The van der Waals surface area contributed by atoms with Gasteiger partial charge in [0.25, 0.3) is 0 Å². The zero-order valence-corrected chi connectivity index (χ0v) is 14.4. The molecular formula is C18H24P2. The minimum absolute atomic E-state index is 0.966. The number of benzene rings is 2. The van der Waals surface area contributed by atoms with Crippen LogP contribution < -0.4 is 10.6 Å². The summed E-state index contributed by atoms with van der Waals surface area (Å²) >= 11 is 0. The average molecular weight is 302 g/mol. The normalized spacial score (nSPS) is 11.9. The van der Waals surface area contributed by atoms with Crippen LogP contribution in [-0.2, 0) is 12.8 Å². The predicted octanol–water partition coefficient (Wildman–Crippen LogP) is 4.12. The molecule has 2 aromatic carbocycles. The molecule has 20 heavy (non-hydrogen) atoms. The van der Waals surface area contributed by atoms with Crippen LogP contribution in [-0.4, -0.2) is 12.3 Å². The smallest absolute Gasteiger partial charge is 0.0240 e. The first-order valence-corrected chi connectivity index (χ1v) is 9.90. The second kappa shape index (κ2) is 8.56. The molecule has 0 aliphatic heterocycles. The summed E-state index contributed by atoms with van der Waals surface area (Å²) in [6, 6.07) is 17.8. The standard InChI is InChI=1S/C18H24P2/c1-3-15-9-5-7-11-17(15)19-13-14-20-18-12-8-6-10-16(18)4-2/h5-12,19-20H,3-4,13-14H2,1-2H3. The van der Waals surface area contributed by atoms with Crippen molar-refractivity contribution in [1.29, 1.82) is 0 Å². The van der Waals surface area contributed by atoms with Crippen LogP contribution in [0.4, 0.5) is 0 Å². The maximum Gasteiger partial charge on any atom is -0.0240 e. The molecule has 0 aromatic heterocycles. The van der Waals surface area contributed by atoms with E-state index in [9.17, 15) is 0 Å². The molecule has 2 heteroatoms. The SMILES string of the molecule is CCc1ccccc1PCCPc1ccccc1CC. The van der Waals surface area contributed by atoms with Gasteiger partial charge in [-0.15, -0.1) is 0 Å². The van der Waals surface area contributed by atoms with Crippen molar-refractivity contribution in [1.82, 2.24) is 0 Å². The summed E-state index contributed by atoms with van der Waals surface area (Å²) in [5.74, 6) is 0. The fourth-order valence-electron chi connectivity index (χ4n) is 2.40. The van der Waals surface area contributed by atoms with Gasteiger partial charge >= 0.3 is 0 Å². The number of aryl methyl sites for hydroxylation is 2. The van der Waals surface area contributed by atoms with Crippen molar-refractivity contribution in [3.63, 3.8) is 0 Å². The van der Waals surface area contributed by atoms with E-state index in [1.165, 1.54) is 23.5 Å². The van der Waals surface area contributed by atoms with Crippen LogP contribution in [0.2, 0.25) is 0 Å². The van der Waals surface area contributed by atoms with E-state index in [1.807, 2.05) is 0 Å². The van der Waals surface area contributed by atoms with E-state index in [0.29, 0.717) is 0 Å². The van der Waals surface area contributed by atoms with Gasteiger partial charge in [0.2, 0.25) is 0 Å². The average Bonchev–Trinajstić information content (AvgIpc) is 2.52. The van der Waals surface area contributed by atoms with E-state index in [0.717, 1.165) is 30.0 Å². The minimum atomic E-state index is 0.966. The molecule has 0 aliphatic rings. The molecule has 106 valence electrons. The summed E-state index contributed by atoms with van der Waals surface area (Å²) < 4.78 is 0. The van der Waals surface area contributed by atoms with Gasteiger partial charge in [0.1, 0.15) is 0 Å². The van der Waals surface area contributed by atoms with Gasteiger partial charge in [-0.05, 0) is 46.9 Å². The van der Waals surface area contributed by atoms with Crippen LogP contribution in [0.25, 0.3) is 0 Å². The van der Waals surface area contributed by atoms with Crippen molar-refractivity contribution in [2.45, 2.75) is 26.7 Å². The molecule has 0 radical (unpaired) electrons. The quantitative estimate of drug-likeness (QED) is 0.533. The van der Waals surface area contributed by atoms with Crippen LogP contribution in [0.3, 0.4) is 0 Å². The Balaban J connectivity index is 1.84. The van der Waals surface area contributed by atoms with Gasteiger partial charge < -0.3 is 0 Å². The van der Waals surface area contributed by atoms with Gasteiger partial charge in [0, 0.05) is 0 Å². The Morgan fingerprint density at radius 1 is 0.650 bits per heavy atom. The van der Waals surface area contributed by atoms with Crippen LogP contribution in [0.5, 0.6) is 0 Å². The third kappa shape index (κ3) is 4.41. The molecule has 0 heterocycles. The Morgan fingerprint density at radius 2 is 1.05 bits per heavy atom. The molecular weight excluding hydrogens is 278 g/mol. The summed E-state index contributed by atoms with van der Waals surface area (Å²) in [5.41, 5.74) is 3.06. The zero-order chi connectivity index (χ0) is 14.2. The van der Waals surface area contributed by atoms with E-state index in [2.05, 4.69) is 62.4 Å². The molecule has 2 aromatic rings. The topological polar surface area (TPSA) is 0 Å². The Morgan fingerprint density at radius 3 is 1.45 bits per heavy atom. The largest absolute Gasteiger partial charge is 0.0897 e. The summed E-state index contributed by atoms with van der Waals surface area (Å²) in [5, 5.41) is 3.15. The van der Waals surface area contributed by atoms with Crippen molar-refractivity contribution in [3.05, 3.63) is 59.7 Å². The summed E-state index contributed by atoms with van der Waals surface area (Å²) in [4.78, 5) is 0. The molecule has 0 nitrogen and oxygen atoms in total. The molecule has 2 rings (SSSR count). The molecule has 0 fully saturated rings. The summed E-state index contributed by atoms with van der Waals surface area (Å²) in [6.07, 6.45) is 4.97. The second-order valence-electron chi connectivity index (χ2n) is 4.87. The lowest BCUT2D eigenvalue weighted by atomic mass is 10.2. The Kier molecular flexibility index (Phi) is 6.71. The van der Waals surface area contributed by atoms with E-state index in [-0.39, 0.29) is 0 Å². The highest BCUT2D eigenvalue weighted by molar-refractivity contribution is 7.51. The Labute approximate surface area is 127 Å². The molecule has 2 atom stereocenters. The van der Waals surface area contributed by atoms with Crippen molar-refractivity contribution < 1.29 is 0 Å². The fraction of sp³-hybridized carbons (Fsp3) is 0.333. The van der Waals surface area contributed by atoms with Gasteiger partial charge in [-0.25, -0.2) is 0 Å². The van der Waals surface area contributed by atoms with Gasteiger partial charge in [-0.3, -0.25) is 0 Å². The van der Waals surface area contributed by atoms with E-state index < -0.39 is 0 Å². The first-order valence-electron chi connectivity index (χ1n) is 7.48. The Hall–Kier alpha value is -0.700.